The van der Waals surface area contributed by atoms with Gasteiger partial charge >= 0.3 is 0 Å². The summed E-state index contributed by atoms with van der Waals surface area (Å²) in [6.07, 6.45) is 0. The normalized spacial score (nSPS) is 11.0. The van der Waals surface area contributed by atoms with Crippen LogP contribution in [-0.4, -0.2) is 31.6 Å². The van der Waals surface area contributed by atoms with E-state index in [0.29, 0.717) is 35.1 Å². The molecule has 0 unspecified atom stereocenters. The van der Waals surface area contributed by atoms with Crippen molar-refractivity contribution in [2.45, 2.75) is 24.8 Å². The fraction of sp³-hybridized carbons (Fsp3) is 0.200. The summed E-state index contributed by atoms with van der Waals surface area (Å²) in [5.74, 6) is 8.88. The molecule has 4 aromatic rings. The standard InChI is InChI=1S/C20H20N6O2S/c1-3-27-16-7-5-4-6-15(16)18-22-17(28-25-18)12-29-20-24-23-19(26(20)21)14-10-8-13(2)9-11-14/h4-11H,3,12,21H2,1-2H3. The van der Waals surface area contributed by atoms with Gasteiger partial charge in [0.05, 0.1) is 17.9 Å². The second-order valence-corrected chi connectivity index (χ2v) is 7.21. The number of thioether (sulfide) groups is 1. The minimum atomic E-state index is 0.424. The molecule has 2 aromatic carbocycles. The molecule has 2 aromatic heterocycles. The van der Waals surface area contributed by atoms with Gasteiger partial charge in [-0.2, -0.15) is 4.98 Å². The Kier molecular flexibility index (Phi) is 5.48. The molecule has 0 aliphatic heterocycles. The van der Waals surface area contributed by atoms with Gasteiger partial charge in [-0.3, -0.25) is 0 Å². The SMILES string of the molecule is CCOc1ccccc1-c1noc(CSc2nnc(-c3ccc(C)cc3)n2N)n1. The number of nitrogens with zero attached hydrogens (tertiary/aromatic N) is 5. The smallest absolute Gasteiger partial charge is 0.237 e. The highest BCUT2D eigenvalue weighted by molar-refractivity contribution is 7.98. The van der Waals surface area contributed by atoms with Gasteiger partial charge in [0.2, 0.25) is 16.9 Å². The maximum absolute atomic E-state index is 6.17. The molecule has 8 nitrogen and oxygen atoms in total. The van der Waals surface area contributed by atoms with Crippen LogP contribution in [0.5, 0.6) is 5.75 Å². The van der Waals surface area contributed by atoms with Crippen molar-refractivity contribution in [3.63, 3.8) is 0 Å². The van der Waals surface area contributed by atoms with Gasteiger partial charge in [-0.25, -0.2) is 4.68 Å². The van der Waals surface area contributed by atoms with Crippen LogP contribution in [0.15, 0.2) is 58.2 Å². The Labute approximate surface area is 172 Å². The lowest BCUT2D eigenvalue weighted by atomic mass is 10.1. The number of nitrogens with two attached hydrogens (primary N) is 1. The zero-order chi connectivity index (χ0) is 20.2. The molecule has 0 radical (unpaired) electrons. The van der Waals surface area contributed by atoms with Gasteiger partial charge in [0.25, 0.3) is 0 Å². The van der Waals surface area contributed by atoms with Crippen LogP contribution in [-0.2, 0) is 5.75 Å². The maximum Gasteiger partial charge on any atom is 0.237 e. The number of para-hydroxylation sites is 1. The first-order chi connectivity index (χ1) is 14.2. The minimum Gasteiger partial charge on any atom is -0.493 e. The van der Waals surface area contributed by atoms with E-state index in [0.717, 1.165) is 16.9 Å². The van der Waals surface area contributed by atoms with Gasteiger partial charge < -0.3 is 15.1 Å². The number of aromatic nitrogens is 5. The lowest BCUT2D eigenvalue weighted by Gasteiger charge is -2.06. The molecular weight excluding hydrogens is 388 g/mol. The van der Waals surface area contributed by atoms with Crippen molar-refractivity contribution in [1.82, 2.24) is 25.0 Å². The van der Waals surface area contributed by atoms with Crippen molar-refractivity contribution < 1.29 is 9.26 Å². The number of hydrogen-bond acceptors (Lipinski definition) is 8. The molecule has 29 heavy (non-hydrogen) atoms. The van der Waals surface area contributed by atoms with Crippen LogP contribution in [0.3, 0.4) is 0 Å². The van der Waals surface area contributed by atoms with Crippen molar-refractivity contribution >= 4 is 11.8 Å². The van der Waals surface area contributed by atoms with Crippen LogP contribution in [0.1, 0.15) is 18.4 Å². The summed E-state index contributed by atoms with van der Waals surface area (Å²) in [4.78, 5) is 4.47. The van der Waals surface area contributed by atoms with Crippen LogP contribution in [0.25, 0.3) is 22.8 Å². The Bertz CT molecular complexity index is 1110. The lowest BCUT2D eigenvalue weighted by Crippen LogP contribution is -2.11. The number of ether oxygens (including phenoxy) is 1. The maximum atomic E-state index is 6.17. The summed E-state index contributed by atoms with van der Waals surface area (Å²) < 4.78 is 12.5. The molecule has 0 saturated heterocycles. The number of benzene rings is 2. The summed E-state index contributed by atoms with van der Waals surface area (Å²) in [6.45, 7) is 4.53. The average Bonchev–Trinajstić information content (AvgIpc) is 3.35. The van der Waals surface area contributed by atoms with Crippen molar-refractivity contribution in [3.05, 3.63) is 60.0 Å². The number of aryl methyl sites for hydroxylation is 1. The molecule has 2 heterocycles. The molecular formula is C20H20N6O2S. The Morgan fingerprint density at radius 2 is 1.90 bits per heavy atom. The van der Waals surface area contributed by atoms with E-state index in [9.17, 15) is 0 Å². The van der Waals surface area contributed by atoms with Crippen LogP contribution < -0.4 is 10.6 Å². The highest BCUT2D eigenvalue weighted by Crippen LogP contribution is 2.29. The van der Waals surface area contributed by atoms with E-state index in [4.69, 9.17) is 15.1 Å². The third-order valence-corrected chi connectivity index (χ3v) is 5.12. The Hall–Kier alpha value is -3.33. The summed E-state index contributed by atoms with van der Waals surface area (Å²) in [6, 6.07) is 15.6. The van der Waals surface area contributed by atoms with E-state index < -0.39 is 0 Å². The van der Waals surface area contributed by atoms with Gasteiger partial charge in [-0.1, -0.05) is 58.9 Å². The zero-order valence-electron chi connectivity index (χ0n) is 16.1. The van der Waals surface area contributed by atoms with Gasteiger partial charge in [0.1, 0.15) is 5.75 Å². The molecule has 0 aliphatic rings. The van der Waals surface area contributed by atoms with Crippen molar-refractivity contribution in [1.29, 1.82) is 0 Å². The van der Waals surface area contributed by atoms with E-state index >= 15 is 0 Å². The van der Waals surface area contributed by atoms with Crippen LogP contribution in [0, 0.1) is 6.92 Å². The van der Waals surface area contributed by atoms with E-state index in [-0.39, 0.29) is 0 Å². The molecule has 148 valence electrons. The number of nitrogen functional groups attached to an aromatic ring is 1. The summed E-state index contributed by atoms with van der Waals surface area (Å²) in [7, 11) is 0. The molecule has 0 atom stereocenters. The van der Waals surface area contributed by atoms with Crippen LogP contribution >= 0.6 is 11.8 Å². The molecule has 0 spiro atoms. The van der Waals surface area contributed by atoms with Gasteiger partial charge in [-0.15, -0.1) is 10.2 Å². The fourth-order valence-corrected chi connectivity index (χ4v) is 3.45. The highest BCUT2D eigenvalue weighted by Gasteiger charge is 2.16. The van der Waals surface area contributed by atoms with Gasteiger partial charge in [0, 0.05) is 5.56 Å². The van der Waals surface area contributed by atoms with E-state index in [1.54, 1.807) is 0 Å². The number of hydrogen-bond donors (Lipinski definition) is 1. The van der Waals surface area contributed by atoms with Crippen molar-refractivity contribution in [3.8, 4) is 28.5 Å². The summed E-state index contributed by atoms with van der Waals surface area (Å²) in [5.41, 5.74) is 2.87. The second kappa shape index (κ2) is 8.36. The van der Waals surface area contributed by atoms with Crippen LogP contribution in [0.2, 0.25) is 0 Å². The van der Waals surface area contributed by atoms with Crippen LogP contribution in [0.4, 0.5) is 0 Å². The second-order valence-electron chi connectivity index (χ2n) is 6.27. The molecule has 0 amide bonds. The lowest BCUT2D eigenvalue weighted by molar-refractivity contribution is 0.341. The predicted octanol–water partition coefficient (Wildman–Crippen LogP) is 3.71. The molecule has 0 bridgehead atoms. The van der Waals surface area contributed by atoms with Crippen molar-refractivity contribution in [2.75, 3.05) is 12.4 Å². The fourth-order valence-electron chi connectivity index (χ4n) is 2.76. The summed E-state index contributed by atoms with van der Waals surface area (Å²) >= 11 is 1.38. The Balaban J connectivity index is 1.48. The Morgan fingerprint density at radius 3 is 2.69 bits per heavy atom. The topological polar surface area (TPSA) is 105 Å². The van der Waals surface area contributed by atoms with Crippen molar-refractivity contribution in [2.24, 2.45) is 0 Å². The molecule has 4 rings (SSSR count). The molecule has 0 aliphatic carbocycles. The summed E-state index contributed by atoms with van der Waals surface area (Å²) in [5, 5.41) is 13.0. The van der Waals surface area contributed by atoms with E-state index in [1.165, 1.54) is 22.0 Å². The molecule has 2 N–H and O–H groups in total. The third kappa shape index (κ3) is 4.09. The largest absolute Gasteiger partial charge is 0.493 e. The third-order valence-electron chi connectivity index (χ3n) is 4.19. The first kappa shape index (κ1) is 19.0. The van der Waals surface area contributed by atoms with Gasteiger partial charge in [0.15, 0.2) is 5.82 Å². The highest BCUT2D eigenvalue weighted by atomic mass is 32.2. The monoisotopic (exact) mass is 408 g/mol. The molecule has 0 fully saturated rings. The average molecular weight is 408 g/mol. The first-order valence-corrected chi connectivity index (χ1v) is 10.1. The van der Waals surface area contributed by atoms with Gasteiger partial charge in [-0.05, 0) is 26.0 Å². The molecule has 0 saturated carbocycles. The number of rotatable bonds is 7. The van der Waals surface area contributed by atoms with E-state index in [2.05, 4.69) is 20.3 Å². The zero-order valence-corrected chi connectivity index (χ0v) is 16.9. The minimum absolute atomic E-state index is 0.424. The quantitative estimate of drug-likeness (QED) is 0.364. The first-order valence-electron chi connectivity index (χ1n) is 9.11. The molecule has 9 heteroatoms. The Morgan fingerprint density at radius 1 is 1.10 bits per heavy atom. The predicted molar refractivity (Wildman–Crippen MR) is 111 cm³/mol. The van der Waals surface area contributed by atoms with E-state index in [1.807, 2.05) is 62.4 Å².